The molecule has 3 atom stereocenters. The van der Waals surface area contributed by atoms with Gasteiger partial charge in [-0.1, -0.05) is 36.4 Å². The zero-order valence-electron chi connectivity index (χ0n) is 13.2. The van der Waals surface area contributed by atoms with Gasteiger partial charge in [0.05, 0.1) is 12.3 Å². The summed E-state index contributed by atoms with van der Waals surface area (Å²) in [5.41, 5.74) is -4.26. The van der Waals surface area contributed by atoms with Crippen molar-refractivity contribution in [2.24, 2.45) is 5.92 Å². The Hall–Kier alpha value is -2.58. The molecular formula is C16H18N2O6. The monoisotopic (exact) mass is 334 g/mol. The van der Waals surface area contributed by atoms with Gasteiger partial charge in [0.15, 0.2) is 11.4 Å². The number of carbonyl (C=O) groups is 2. The summed E-state index contributed by atoms with van der Waals surface area (Å²) >= 11 is 0. The van der Waals surface area contributed by atoms with Crippen LogP contribution in [0.2, 0.25) is 0 Å². The molecule has 0 radical (unpaired) electrons. The van der Waals surface area contributed by atoms with Crippen molar-refractivity contribution in [2.45, 2.75) is 17.7 Å². The van der Waals surface area contributed by atoms with E-state index in [-0.39, 0.29) is 5.56 Å². The topological polar surface area (TPSA) is 121 Å². The number of hydrogen-bond acceptors (Lipinski definition) is 6. The molecule has 3 unspecified atom stereocenters. The number of Topliss-reactive ketones (excluding diaryl/α,β-unsaturated/α-hetero) is 1. The summed E-state index contributed by atoms with van der Waals surface area (Å²) in [6.07, 6.45) is 1.56. The number of aliphatic hydroxyl groups is 1. The summed E-state index contributed by atoms with van der Waals surface area (Å²) in [5.74, 6) is -3.69. The third-order valence-corrected chi connectivity index (χ3v) is 4.40. The van der Waals surface area contributed by atoms with Gasteiger partial charge in [0.1, 0.15) is 0 Å². The zero-order chi connectivity index (χ0) is 18.1. The van der Waals surface area contributed by atoms with E-state index in [1.807, 2.05) is 0 Å². The number of carboxylic acids is 1. The standard InChI is InChI=1S/C16H18N2O6/c1-17(2)15(18(23)24)9-8-12(16(22,10-15)14(20)21)13(19)11-6-4-3-5-7-11/h3-9,12,22H,10H2,1-2H3,(H,20,21). The van der Waals surface area contributed by atoms with Gasteiger partial charge in [-0.15, -0.1) is 0 Å². The summed E-state index contributed by atoms with van der Waals surface area (Å²) in [6, 6.07) is 7.92. The van der Waals surface area contributed by atoms with Crippen molar-refractivity contribution >= 4 is 11.8 Å². The van der Waals surface area contributed by atoms with Gasteiger partial charge in [-0.25, -0.2) is 9.69 Å². The number of benzene rings is 1. The largest absolute Gasteiger partial charge is 0.479 e. The van der Waals surface area contributed by atoms with E-state index in [1.54, 1.807) is 18.2 Å². The molecule has 1 aliphatic rings. The van der Waals surface area contributed by atoms with Gasteiger partial charge < -0.3 is 10.2 Å². The molecule has 24 heavy (non-hydrogen) atoms. The summed E-state index contributed by atoms with van der Waals surface area (Å²) in [5, 5.41) is 31.7. The fourth-order valence-corrected chi connectivity index (χ4v) is 2.87. The van der Waals surface area contributed by atoms with Gasteiger partial charge in [-0.05, 0) is 14.1 Å². The second-order valence-corrected chi connectivity index (χ2v) is 6.00. The Bertz CT molecular complexity index is 702. The normalized spacial score (nSPS) is 29.4. The number of aliphatic carboxylic acids is 1. The molecule has 2 N–H and O–H groups in total. The summed E-state index contributed by atoms with van der Waals surface area (Å²) in [7, 11) is 2.82. The lowest BCUT2D eigenvalue weighted by Gasteiger charge is -2.40. The van der Waals surface area contributed by atoms with Gasteiger partial charge >= 0.3 is 5.97 Å². The van der Waals surface area contributed by atoms with Crippen molar-refractivity contribution in [2.75, 3.05) is 14.1 Å². The smallest absolute Gasteiger partial charge is 0.337 e. The van der Waals surface area contributed by atoms with Crippen molar-refractivity contribution in [3.8, 4) is 0 Å². The van der Waals surface area contributed by atoms with Crippen LogP contribution in [-0.4, -0.2) is 57.1 Å². The first-order valence-electron chi connectivity index (χ1n) is 7.21. The van der Waals surface area contributed by atoms with Crippen LogP contribution >= 0.6 is 0 Å². The lowest BCUT2D eigenvalue weighted by atomic mass is 9.71. The van der Waals surface area contributed by atoms with E-state index in [0.29, 0.717) is 0 Å². The van der Waals surface area contributed by atoms with Crippen LogP contribution in [0.25, 0.3) is 0 Å². The van der Waals surface area contributed by atoms with Crippen LogP contribution < -0.4 is 0 Å². The van der Waals surface area contributed by atoms with Crippen LogP contribution in [0.3, 0.4) is 0 Å². The predicted molar refractivity (Wildman–Crippen MR) is 84.0 cm³/mol. The van der Waals surface area contributed by atoms with Crippen molar-refractivity contribution in [1.29, 1.82) is 0 Å². The first kappa shape index (κ1) is 17.8. The fourth-order valence-electron chi connectivity index (χ4n) is 2.87. The third kappa shape index (κ3) is 2.70. The number of hydrogen-bond donors (Lipinski definition) is 2. The Kier molecular flexibility index (Phi) is 4.54. The van der Waals surface area contributed by atoms with Crippen molar-refractivity contribution in [1.82, 2.24) is 4.90 Å². The lowest BCUT2D eigenvalue weighted by Crippen LogP contribution is -2.62. The van der Waals surface area contributed by atoms with Crippen molar-refractivity contribution in [3.63, 3.8) is 0 Å². The lowest BCUT2D eigenvalue weighted by molar-refractivity contribution is -0.588. The molecule has 0 fully saturated rings. The van der Waals surface area contributed by atoms with Gasteiger partial charge in [0.2, 0.25) is 0 Å². The van der Waals surface area contributed by atoms with E-state index in [0.717, 1.165) is 6.08 Å². The number of rotatable bonds is 5. The fraction of sp³-hybridized carbons (Fsp3) is 0.375. The van der Waals surface area contributed by atoms with Crippen LogP contribution in [0.4, 0.5) is 0 Å². The second-order valence-electron chi connectivity index (χ2n) is 6.00. The molecule has 0 aliphatic heterocycles. The molecule has 0 amide bonds. The molecule has 0 bridgehead atoms. The molecule has 128 valence electrons. The highest BCUT2D eigenvalue weighted by atomic mass is 16.6. The van der Waals surface area contributed by atoms with E-state index in [1.165, 1.54) is 37.2 Å². The molecule has 1 aromatic carbocycles. The highest BCUT2D eigenvalue weighted by molar-refractivity contribution is 6.03. The van der Waals surface area contributed by atoms with Crippen molar-refractivity contribution < 1.29 is 24.7 Å². The second kappa shape index (κ2) is 6.14. The average molecular weight is 334 g/mol. The zero-order valence-corrected chi connectivity index (χ0v) is 13.2. The summed E-state index contributed by atoms with van der Waals surface area (Å²) in [6.45, 7) is 0. The molecule has 8 heteroatoms. The first-order valence-corrected chi connectivity index (χ1v) is 7.21. The van der Waals surface area contributed by atoms with Gasteiger partial charge in [-0.2, -0.15) is 0 Å². The number of likely N-dealkylation sites (N-methyl/N-ethyl adjacent to an activating group) is 1. The summed E-state index contributed by atoms with van der Waals surface area (Å²) < 4.78 is 0. The minimum Gasteiger partial charge on any atom is -0.479 e. The molecule has 0 saturated heterocycles. The Balaban J connectivity index is 2.55. The van der Waals surface area contributed by atoms with E-state index in [4.69, 9.17) is 0 Å². The number of ketones is 1. The molecule has 1 aliphatic carbocycles. The maximum Gasteiger partial charge on any atom is 0.337 e. The van der Waals surface area contributed by atoms with Crippen LogP contribution in [0.1, 0.15) is 16.8 Å². The molecule has 1 aromatic rings. The van der Waals surface area contributed by atoms with Crippen molar-refractivity contribution in [3.05, 3.63) is 58.2 Å². The van der Waals surface area contributed by atoms with E-state index in [2.05, 4.69) is 0 Å². The van der Waals surface area contributed by atoms with Crippen LogP contribution in [0.15, 0.2) is 42.5 Å². The molecule has 8 nitrogen and oxygen atoms in total. The van der Waals surface area contributed by atoms with Crippen LogP contribution in [0, 0.1) is 16.0 Å². The number of carbonyl (C=O) groups excluding carboxylic acids is 1. The van der Waals surface area contributed by atoms with E-state index >= 15 is 0 Å². The van der Waals surface area contributed by atoms with Gasteiger partial charge in [0, 0.05) is 16.6 Å². The SMILES string of the molecule is CN(C)C1([N+](=O)[O-])C=CC(C(=O)c2ccccc2)C(O)(C(=O)O)C1. The maximum atomic E-state index is 12.6. The van der Waals surface area contributed by atoms with Crippen LogP contribution in [-0.2, 0) is 4.79 Å². The Morgan fingerprint density at radius 3 is 2.33 bits per heavy atom. The summed E-state index contributed by atoms with van der Waals surface area (Å²) in [4.78, 5) is 36.3. The molecule has 0 spiro atoms. The van der Waals surface area contributed by atoms with Gasteiger partial charge in [0.25, 0.3) is 5.66 Å². The quantitative estimate of drug-likeness (QED) is 0.268. The highest BCUT2D eigenvalue weighted by Gasteiger charge is 2.60. The third-order valence-electron chi connectivity index (χ3n) is 4.40. The van der Waals surface area contributed by atoms with E-state index < -0.39 is 40.3 Å². The predicted octanol–water partition coefficient (Wildman–Crippen LogP) is 0.796. The molecule has 2 rings (SSSR count). The Labute approximate surface area is 138 Å². The average Bonchev–Trinajstić information content (AvgIpc) is 2.54. The number of nitrogens with zero attached hydrogens (tertiary/aromatic N) is 2. The molecule has 0 heterocycles. The molecular weight excluding hydrogens is 316 g/mol. The number of carboxylic acid groups (broad SMARTS) is 1. The highest BCUT2D eigenvalue weighted by Crippen LogP contribution is 2.39. The minimum atomic E-state index is -2.58. The molecule has 0 aromatic heterocycles. The Morgan fingerprint density at radius 2 is 1.88 bits per heavy atom. The van der Waals surface area contributed by atoms with E-state index in [9.17, 15) is 29.9 Å². The Morgan fingerprint density at radius 1 is 1.29 bits per heavy atom. The first-order chi connectivity index (χ1) is 11.1. The number of nitro groups is 1. The molecule has 0 saturated carbocycles. The van der Waals surface area contributed by atoms with Gasteiger partial charge in [-0.3, -0.25) is 14.9 Å². The maximum absolute atomic E-state index is 12.6. The van der Waals surface area contributed by atoms with Crippen LogP contribution in [0.5, 0.6) is 0 Å². The minimum absolute atomic E-state index is 0.227.